The molecule has 10 rings (SSSR count). The Morgan fingerprint density at radius 3 is 1.18 bits per heavy atom. The van der Waals surface area contributed by atoms with Gasteiger partial charge in [-0.2, -0.15) is 0 Å². The van der Waals surface area contributed by atoms with Crippen molar-refractivity contribution in [2.75, 3.05) is 4.90 Å². The van der Waals surface area contributed by atoms with E-state index in [9.17, 15) is 0 Å². The summed E-state index contributed by atoms with van der Waals surface area (Å²) in [5, 5.41) is 4.22. The Labute approximate surface area is 465 Å². The number of para-hydroxylation sites is 2. The predicted molar refractivity (Wildman–Crippen MR) is 343 cm³/mol. The van der Waals surface area contributed by atoms with Crippen molar-refractivity contribution in [1.29, 1.82) is 0 Å². The number of hydrogen-bond acceptors (Lipinski definition) is 1. The van der Waals surface area contributed by atoms with Gasteiger partial charge in [0, 0.05) is 17.1 Å². The van der Waals surface area contributed by atoms with E-state index < -0.39 is 8.80 Å². The number of rotatable bonds is 15. The lowest BCUT2D eigenvalue weighted by Gasteiger charge is -2.37. The summed E-state index contributed by atoms with van der Waals surface area (Å²) in [7, 11) is -1.92. The Hall–Kier alpha value is -6.87. The average Bonchev–Trinajstić information content (AvgIpc) is 3.48. The molecule has 0 aliphatic carbocycles. The molecule has 0 saturated heterocycles. The first-order chi connectivity index (χ1) is 37.1. The fourth-order valence-electron chi connectivity index (χ4n) is 12.8. The molecule has 0 bridgehead atoms. The number of benzene rings is 9. The van der Waals surface area contributed by atoms with E-state index in [0.29, 0.717) is 35.5 Å². The second-order valence-electron chi connectivity index (χ2n) is 24.0. The molecule has 1 nitrogen and oxygen atoms in total. The maximum Gasteiger partial charge on any atom is 0.240 e. The van der Waals surface area contributed by atoms with Gasteiger partial charge in [-0.3, -0.25) is 0 Å². The second kappa shape index (κ2) is 22.6. The van der Waals surface area contributed by atoms with Crippen LogP contribution in [0.3, 0.4) is 0 Å². The van der Waals surface area contributed by atoms with Crippen LogP contribution in [-0.2, 0) is 0 Å². The number of nitrogens with zero attached hydrogens (tertiary/aromatic N) is 1. The van der Waals surface area contributed by atoms with E-state index in [1.807, 2.05) is 0 Å². The van der Waals surface area contributed by atoms with Crippen molar-refractivity contribution in [2.24, 2.45) is 0 Å². The van der Waals surface area contributed by atoms with Gasteiger partial charge in [-0.1, -0.05) is 302 Å². The maximum atomic E-state index is 2.61. The van der Waals surface area contributed by atoms with E-state index in [0.717, 1.165) is 5.69 Å². The predicted octanol–water partition coefficient (Wildman–Crippen LogP) is 13.5. The zero-order chi connectivity index (χ0) is 54.2. The molecule has 0 amide bonds. The topological polar surface area (TPSA) is 3.24 Å². The Kier molecular flexibility index (Phi) is 15.7. The number of anilines is 3. The molecule has 1 aliphatic rings. The molecule has 1 heterocycles. The van der Waals surface area contributed by atoms with E-state index in [1.54, 1.807) is 0 Å². The molecule has 4 heteroatoms. The fourth-order valence-corrected chi connectivity index (χ4v) is 15.9. The molecule has 0 radical (unpaired) electrons. The van der Waals surface area contributed by atoms with Crippen LogP contribution < -0.4 is 53.2 Å². The van der Waals surface area contributed by atoms with Crippen molar-refractivity contribution in [3.05, 3.63) is 239 Å². The number of aryl methyl sites for hydroxylation is 1. The van der Waals surface area contributed by atoms with E-state index in [2.05, 4.69) is 295 Å². The molecule has 9 aromatic rings. The zero-order valence-corrected chi connectivity index (χ0v) is 49.4. The van der Waals surface area contributed by atoms with Crippen LogP contribution in [0.5, 0.6) is 0 Å². The van der Waals surface area contributed by atoms with Gasteiger partial charge in [-0.15, -0.1) is 0 Å². The second-order valence-corrected chi connectivity index (χ2v) is 26.8. The van der Waals surface area contributed by atoms with Gasteiger partial charge < -0.3 is 4.90 Å². The normalized spacial score (nSPS) is 12.5. The summed E-state index contributed by atoms with van der Waals surface area (Å²) in [6.45, 7) is 31.1. The highest BCUT2D eigenvalue weighted by Gasteiger charge is 2.43. The summed E-state index contributed by atoms with van der Waals surface area (Å²) in [6, 6.07) is 77.4. The number of fused-ring (bicyclic) bond motifs is 2. The van der Waals surface area contributed by atoms with Gasteiger partial charge in [0.05, 0.1) is 0 Å². The minimum Gasteiger partial charge on any atom is -0.310 e. The molecule has 0 atom stereocenters. The van der Waals surface area contributed by atoms with Gasteiger partial charge in [0.25, 0.3) is 0 Å². The monoisotopic (exact) mass is 1020 g/mol. The first-order valence-corrected chi connectivity index (χ1v) is 30.6. The van der Waals surface area contributed by atoms with Crippen LogP contribution in [0, 0.1) is 6.92 Å². The Bertz CT molecular complexity index is 3420. The van der Waals surface area contributed by atoms with Crippen LogP contribution in [0.1, 0.15) is 158 Å². The van der Waals surface area contributed by atoms with E-state index >= 15 is 0 Å². The highest BCUT2D eigenvalue weighted by Crippen LogP contribution is 2.37. The summed E-state index contributed by atoms with van der Waals surface area (Å²) in [5.74, 6) is 2.33. The summed E-state index contributed by atoms with van der Waals surface area (Å²) < 4.78 is 0. The molecule has 77 heavy (non-hydrogen) atoms. The summed E-state index contributed by atoms with van der Waals surface area (Å²) in [5.41, 5.74) is 24.8. The molecule has 386 valence electrons. The zero-order valence-electron chi connectivity index (χ0n) is 48.2. The van der Waals surface area contributed by atoms with Crippen molar-refractivity contribution in [2.45, 2.75) is 126 Å². The molecule has 0 N–H and O–H groups in total. The third-order valence-corrected chi connectivity index (χ3v) is 20.0. The van der Waals surface area contributed by atoms with E-state index in [1.165, 1.54) is 110 Å². The van der Waals surface area contributed by atoms with Gasteiger partial charge in [0.15, 0.2) is 0 Å². The van der Waals surface area contributed by atoms with Crippen molar-refractivity contribution in [3.63, 3.8) is 0 Å². The third-order valence-electron chi connectivity index (χ3n) is 16.8. The van der Waals surface area contributed by atoms with Gasteiger partial charge in [-0.25, -0.2) is 0 Å². The molecule has 0 fully saturated rings. The lowest BCUT2D eigenvalue weighted by atomic mass is 9.20. The van der Waals surface area contributed by atoms with Crippen LogP contribution >= 0.6 is 0 Å². The SMILES string of the molecule is Cc1ccccc1N(c1ccc(-c2ccc3c(c2)B(c2c(C(C)C)cc(C(C)C)cc2C(C)C)c2ccccc2B3c2c(C(C)C)cc(C(C)C)cc2C(C)C)cc1)c1ccccc1[SiH](c1ccccc1)c1ccccc1. The number of hydrogen-bond donors (Lipinski definition) is 0. The minimum absolute atomic E-state index is 0.0620. The first-order valence-electron chi connectivity index (χ1n) is 28.9. The maximum absolute atomic E-state index is 2.61. The van der Waals surface area contributed by atoms with Gasteiger partial charge in [0.1, 0.15) is 8.80 Å². The standard InChI is InChI=1S/C73H79B2NSi/c1-47(2)56-42-61(49(5)6)72(62(43-56)50(7)8)74-65-31-21-22-32-66(65)75(73-63(51(9)10)44-57(48(3)4)45-64(73)52(11)12)68-46-55(38-41-67(68)74)54-36-39-58(40-37-54)76(69-33-23-20-26-53(69)13)70-34-24-25-35-71(70)77(59-27-16-14-17-28-59)60-29-18-15-19-30-60/h14-52,77H,1-13H3. The molecule has 1 aliphatic heterocycles. The summed E-state index contributed by atoms with van der Waals surface area (Å²) in [4.78, 5) is 2.52. The molecular formula is C73H79B2NSi. The molecule has 0 aromatic heterocycles. The lowest BCUT2D eigenvalue weighted by molar-refractivity contribution is 0.812. The first kappa shape index (κ1) is 53.5. The third kappa shape index (κ3) is 10.4. The van der Waals surface area contributed by atoms with Crippen LogP contribution in [0.2, 0.25) is 0 Å². The van der Waals surface area contributed by atoms with Crippen molar-refractivity contribution >= 4 is 87.6 Å². The minimum atomic E-state index is -1.92. The van der Waals surface area contributed by atoms with E-state index in [-0.39, 0.29) is 13.4 Å². The van der Waals surface area contributed by atoms with Crippen molar-refractivity contribution in [1.82, 2.24) is 0 Å². The highest BCUT2D eigenvalue weighted by molar-refractivity contribution is 7.11. The van der Waals surface area contributed by atoms with Crippen LogP contribution in [-0.4, -0.2) is 22.2 Å². The smallest absolute Gasteiger partial charge is 0.240 e. The average molecular weight is 1020 g/mol. The quantitative estimate of drug-likeness (QED) is 0.0731. The largest absolute Gasteiger partial charge is 0.310 e. The van der Waals surface area contributed by atoms with Crippen LogP contribution in [0.4, 0.5) is 17.1 Å². The molecule has 0 unspecified atom stereocenters. The highest BCUT2D eigenvalue weighted by atomic mass is 28.3. The van der Waals surface area contributed by atoms with Gasteiger partial charge in [0.2, 0.25) is 13.4 Å². The Morgan fingerprint density at radius 1 is 0.338 bits per heavy atom. The van der Waals surface area contributed by atoms with Crippen LogP contribution in [0.25, 0.3) is 11.1 Å². The lowest BCUT2D eigenvalue weighted by Crippen LogP contribution is -2.76. The van der Waals surface area contributed by atoms with Crippen LogP contribution in [0.15, 0.2) is 200 Å². The molecular weight excluding hydrogens is 941 g/mol. The van der Waals surface area contributed by atoms with E-state index in [4.69, 9.17) is 0 Å². The molecule has 9 aromatic carbocycles. The van der Waals surface area contributed by atoms with Gasteiger partial charge >= 0.3 is 0 Å². The summed E-state index contributed by atoms with van der Waals surface area (Å²) in [6.07, 6.45) is 0. The van der Waals surface area contributed by atoms with Crippen molar-refractivity contribution in [3.8, 4) is 11.1 Å². The van der Waals surface area contributed by atoms with Gasteiger partial charge in [-0.05, 0) is 122 Å². The fraction of sp³-hybridized carbons (Fsp3) is 0.260. The Balaban J connectivity index is 1.20. The molecule has 0 spiro atoms. The molecule has 0 saturated carbocycles. The summed E-state index contributed by atoms with van der Waals surface area (Å²) >= 11 is 0. The Morgan fingerprint density at radius 2 is 0.727 bits per heavy atom. The van der Waals surface area contributed by atoms with Crippen molar-refractivity contribution < 1.29 is 0 Å².